The number of urea groups is 1. The molecule has 3 rings (SSSR count). The second-order valence-electron chi connectivity index (χ2n) is 7.44. The van der Waals surface area contributed by atoms with Crippen LogP contribution >= 0.6 is 23.4 Å². The number of anilines is 1. The van der Waals surface area contributed by atoms with E-state index >= 15 is 0 Å². The van der Waals surface area contributed by atoms with Crippen molar-refractivity contribution in [1.29, 1.82) is 0 Å². The molecule has 1 heterocycles. The van der Waals surface area contributed by atoms with Crippen LogP contribution in [0.2, 0.25) is 5.02 Å². The fourth-order valence-corrected chi connectivity index (χ4v) is 4.61. The Morgan fingerprint density at radius 2 is 1.97 bits per heavy atom. The van der Waals surface area contributed by atoms with Gasteiger partial charge in [-0.25, -0.2) is 9.59 Å². The van der Waals surface area contributed by atoms with Gasteiger partial charge in [0.15, 0.2) is 0 Å². The minimum Gasteiger partial charge on any atom is -0.464 e. The lowest BCUT2D eigenvalue weighted by atomic mass is 10.2. The van der Waals surface area contributed by atoms with E-state index < -0.39 is 6.04 Å². The Labute approximate surface area is 180 Å². The van der Waals surface area contributed by atoms with E-state index in [1.165, 1.54) is 0 Å². The Kier molecular flexibility index (Phi) is 7.09. The van der Waals surface area contributed by atoms with Gasteiger partial charge in [-0.05, 0) is 36.1 Å². The molecule has 2 amide bonds. The number of hydrogen-bond donors (Lipinski definition) is 1. The van der Waals surface area contributed by atoms with Crippen LogP contribution in [0.3, 0.4) is 0 Å². The van der Waals surface area contributed by atoms with E-state index in [1.54, 1.807) is 28.8 Å². The van der Waals surface area contributed by atoms with Crippen LogP contribution in [0.5, 0.6) is 0 Å². The number of thioether (sulfide) groups is 1. The highest BCUT2D eigenvalue weighted by atomic mass is 35.5. The second-order valence-corrected chi connectivity index (χ2v) is 8.96. The van der Waals surface area contributed by atoms with E-state index in [4.69, 9.17) is 16.3 Å². The van der Waals surface area contributed by atoms with E-state index in [-0.39, 0.29) is 23.3 Å². The number of carbonyl (C=O) groups is 2. The van der Waals surface area contributed by atoms with Crippen molar-refractivity contribution in [2.75, 3.05) is 17.7 Å². The summed E-state index contributed by atoms with van der Waals surface area (Å²) in [6.07, 6.45) is 0. The summed E-state index contributed by atoms with van der Waals surface area (Å²) in [6, 6.07) is 14.1. The molecule has 154 valence electrons. The third-order valence-corrected chi connectivity index (χ3v) is 6.30. The Morgan fingerprint density at radius 1 is 1.24 bits per heavy atom. The number of hydrogen-bond acceptors (Lipinski definition) is 4. The molecule has 0 spiro atoms. The number of esters is 1. The first-order chi connectivity index (χ1) is 13.9. The van der Waals surface area contributed by atoms with Gasteiger partial charge in [-0.1, -0.05) is 61.8 Å². The number of benzene rings is 2. The van der Waals surface area contributed by atoms with Gasteiger partial charge >= 0.3 is 12.0 Å². The number of carbonyl (C=O) groups excluding carboxylic acids is 2. The standard InChI is InChI=1S/C22H25ClN2O3S/c1-14(2)12-28-21(26)19-13-29-20(16-7-5-4-6-8-16)25(19)22(27)24-17-10-9-15(3)18(23)11-17/h4-11,14,19-20H,12-13H2,1-3H3,(H,24,27). The SMILES string of the molecule is Cc1ccc(NC(=O)N2C(C(=O)OCC(C)C)CSC2c2ccccc2)cc1Cl. The molecule has 0 aromatic heterocycles. The predicted octanol–water partition coefficient (Wildman–Crippen LogP) is 5.50. The van der Waals surface area contributed by atoms with Crippen LogP contribution in [-0.2, 0) is 9.53 Å². The molecular weight excluding hydrogens is 408 g/mol. The van der Waals surface area contributed by atoms with Crippen molar-refractivity contribution in [3.8, 4) is 0 Å². The quantitative estimate of drug-likeness (QED) is 0.634. The fourth-order valence-electron chi connectivity index (χ4n) is 3.01. The predicted molar refractivity (Wildman–Crippen MR) is 118 cm³/mol. The maximum Gasteiger partial charge on any atom is 0.329 e. The summed E-state index contributed by atoms with van der Waals surface area (Å²) in [5.74, 6) is 0.343. The number of amides is 2. The Morgan fingerprint density at radius 3 is 2.62 bits per heavy atom. The van der Waals surface area contributed by atoms with Crippen LogP contribution in [0.1, 0.15) is 30.3 Å². The van der Waals surface area contributed by atoms with E-state index in [2.05, 4.69) is 5.32 Å². The van der Waals surface area contributed by atoms with Crippen LogP contribution in [0.15, 0.2) is 48.5 Å². The largest absolute Gasteiger partial charge is 0.464 e. The number of halogens is 1. The van der Waals surface area contributed by atoms with Gasteiger partial charge in [0.1, 0.15) is 11.4 Å². The van der Waals surface area contributed by atoms with Gasteiger partial charge in [-0.3, -0.25) is 4.90 Å². The van der Waals surface area contributed by atoms with Gasteiger partial charge in [0.2, 0.25) is 0 Å². The number of ether oxygens (including phenoxy) is 1. The first kappa shape index (κ1) is 21.5. The van der Waals surface area contributed by atoms with Gasteiger partial charge in [-0.15, -0.1) is 11.8 Å². The van der Waals surface area contributed by atoms with Crippen LogP contribution in [0.25, 0.3) is 0 Å². The smallest absolute Gasteiger partial charge is 0.329 e. The number of nitrogens with zero attached hydrogens (tertiary/aromatic N) is 1. The highest BCUT2D eigenvalue weighted by Gasteiger charge is 2.43. The van der Waals surface area contributed by atoms with Crippen LogP contribution in [0, 0.1) is 12.8 Å². The van der Waals surface area contributed by atoms with E-state index in [9.17, 15) is 9.59 Å². The first-order valence-electron chi connectivity index (χ1n) is 9.55. The first-order valence-corrected chi connectivity index (χ1v) is 11.0. The van der Waals surface area contributed by atoms with Crippen molar-refractivity contribution in [2.24, 2.45) is 5.92 Å². The summed E-state index contributed by atoms with van der Waals surface area (Å²) in [6.45, 7) is 6.19. The van der Waals surface area contributed by atoms with Gasteiger partial charge in [0, 0.05) is 16.5 Å². The molecule has 0 saturated carbocycles. The summed E-state index contributed by atoms with van der Waals surface area (Å²) in [7, 11) is 0. The monoisotopic (exact) mass is 432 g/mol. The minimum atomic E-state index is -0.648. The maximum absolute atomic E-state index is 13.2. The summed E-state index contributed by atoms with van der Waals surface area (Å²) in [5.41, 5.74) is 2.48. The van der Waals surface area contributed by atoms with E-state index in [0.29, 0.717) is 23.1 Å². The van der Waals surface area contributed by atoms with Crippen molar-refractivity contribution >= 4 is 41.1 Å². The summed E-state index contributed by atoms with van der Waals surface area (Å²) in [5, 5.41) is 3.19. The lowest BCUT2D eigenvalue weighted by molar-refractivity contribution is -0.149. The number of rotatable bonds is 5. The summed E-state index contributed by atoms with van der Waals surface area (Å²) >= 11 is 7.75. The second kappa shape index (κ2) is 9.55. The maximum atomic E-state index is 13.2. The van der Waals surface area contributed by atoms with Gasteiger partial charge < -0.3 is 10.1 Å². The molecule has 2 atom stereocenters. The van der Waals surface area contributed by atoms with Crippen LogP contribution in [-0.4, -0.2) is 35.3 Å². The molecule has 1 saturated heterocycles. The van der Waals surface area contributed by atoms with Crippen molar-refractivity contribution in [3.63, 3.8) is 0 Å². The zero-order chi connectivity index (χ0) is 21.0. The van der Waals surface area contributed by atoms with Gasteiger partial charge in [0.25, 0.3) is 0 Å². The molecule has 29 heavy (non-hydrogen) atoms. The van der Waals surface area contributed by atoms with Crippen LogP contribution in [0.4, 0.5) is 10.5 Å². The number of aryl methyl sites for hydroxylation is 1. The highest BCUT2D eigenvalue weighted by molar-refractivity contribution is 7.99. The Balaban J connectivity index is 1.84. The molecule has 1 aliphatic rings. The highest BCUT2D eigenvalue weighted by Crippen LogP contribution is 2.42. The lowest BCUT2D eigenvalue weighted by Crippen LogP contribution is -2.46. The molecule has 1 N–H and O–H groups in total. The Hall–Kier alpha value is -2.18. The molecular formula is C22H25ClN2O3S. The van der Waals surface area contributed by atoms with Crippen molar-refractivity contribution < 1.29 is 14.3 Å². The molecule has 0 bridgehead atoms. The molecule has 0 radical (unpaired) electrons. The van der Waals surface area contributed by atoms with Crippen molar-refractivity contribution in [2.45, 2.75) is 32.2 Å². The number of nitrogens with one attached hydrogen (secondary N) is 1. The lowest BCUT2D eigenvalue weighted by Gasteiger charge is -2.29. The molecule has 2 unspecified atom stereocenters. The molecule has 0 aliphatic carbocycles. The van der Waals surface area contributed by atoms with Gasteiger partial charge in [-0.2, -0.15) is 0 Å². The van der Waals surface area contributed by atoms with E-state index in [0.717, 1.165) is 11.1 Å². The van der Waals surface area contributed by atoms with Crippen molar-refractivity contribution in [3.05, 3.63) is 64.7 Å². The zero-order valence-electron chi connectivity index (χ0n) is 16.7. The fraction of sp³-hybridized carbons (Fsp3) is 0.364. The Bertz CT molecular complexity index is 876. The topological polar surface area (TPSA) is 58.6 Å². The van der Waals surface area contributed by atoms with Crippen LogP contribution < -0.4 is 5.32 Å². The third-order valence-electron chi connectivity index (χ3n) is 4.57. The molecule has 1 fully saturated rings. The zero-order valence-corrected chi connectivity index (χ0v) is 18.3. The van der Waals surface area contributed by atoms with Crippen molar-refractivity contribution in [1.82, 2.24) is 4.90 Å². The molecule has 2 aromatic rings. The van der Waals surface area contributed by atoms with Gasteiger partial charge in [0.05, 0.1) is 6.61 Å². The normalized spacial score (nSPS) is 18.7. The minimum absolute atomic E-state index is 0.231. The average Bonchev–Trinajstić information content (AvgIpc) is 3.15. The third kappa shape index (κ3) is 5.25. The summed E-state index contributed by atoms with van der Waals surface area (Å²) in [4.78, 5) is 27.5. The average molecular weight is 433 g/mol. The van der Waals surface area contributed by atoms with E-state index in [1.807, 2.05) is 57.2 Å². The molecule has 2 aromatic carbocycles. The molecule has 1 aliphatic heterocycles. The molecule has 7 heteroatoms. The molecule has 5 nitrogen and oxygen atoms in total. The summed E-state index contributed by atoms with van der Waals surface area (Å²) < 4.78 is 5.44.